The summed E-state index contributed by atoms with van der Waals surface area (Å²) in [5.74, 6) is 2.01. The molecule has 0 aliphatic carbocycles. The van der Waals surface area contributed by atoms with Crippen molar-refractivity contribution in [1.29, 1.82) is 0 Å². The first kappa shape index (κ1) is 18.9. The average molecular weight is 416 g/mol. The predicted molar refractivity (Wildman–Crippen MR) is 111 cm³/mol. The molecule has 0 unspecified atom stereocenters. The van der Waals surface area contributed by atoms with Crippen LogP contribution in [0.3, 0.4) is 0 Å². The second-order valence-corrected chi connectivity index (χ2v) is 9.02. The van der Waals surface area contributed by atoms with Gasteiger partial charge in [-0.3, -0.25) is 9.20 Å². The molecule has 146 valence electrons. The first-order valence-electron chi connectivity index (χ1n) is 9.02. The van der Waals surface area contributed by atoms with Gasteiger partial charge in [0.05, 0.1) is 23.9 Å². The number of aromatic nitrogens is 4. The highest BCUT2D eigenvalue weighted by atomic mass is 32.2. The molecule has 0 aliphatic heterocycles. The van der Waals surface area contributed by atoms with Crippen LogP contribution < -0.4 is 5.32 Å². The molecule has 7 nitrogen and oxygen atoms in total. The molecule has 9 heteroatoms. The largest absolute Gasteiger partial charge is 0.467 e. The summed E-state index contributed by atoms with van der Waals surface area (Å²) < 4.78 is 7.23. The van der Waals surface area contributed by atoms with E-state index in [0.29, 0.717) is 11.7 Å². The number of hydrogen-bond donors (Lipinski definition) is 1. The smallest absolute Gasteiger partial charge is 0.230 e. The third-order valence-electron chi connectivity index (χ3n) is 4.56. The second-order valence-electron chi connectivity index (χ2n) is 6.87. The van der Waals surface area contributed by atoms with Crippen molar-refractivity contribution in [3.8, 4) is 0 Å². The van der Waals surface area contributed by atoms with E-state index in [0.717, 1.165) is 27.4 Å². The number of fused-ring (bicyclic) bond motifs is 3. The quantitative estimate of drug-likeness (QED) is 0.478. The normalized spacial score (nSPS) is 11.8. The van der Waals surface area contributed by atoms with Crippen LogP contribution in [0.15, 0.2) is 28.0 Å². The maximum absolute atomic E-state index is 12.2. The van der Waals surface area contributed by atoms with Crippen LogP contribution in [0.25, 0.3) is 15.9 Å². The van der Waals surface area contributed by atoms with Crippen LogP contribution in [0, 0.1) is 13.8 Å². The van der Waals surface area contributed by atoms with Gasteiger partial charge in [0.2, 0.25) is 5.91 Å². The van der Waals surface area contributed by atoms with Crippen LogP contribution in [-0.4, -0.2) is 31.2 Å². The third-order valence-corrected chi connectivity index (χ3v) is 6.59. The van der Waals surface area contributed by atoms with Crippen LogP contribution in [-0.2, 0) is 11.3 Å². The maximum atomic E-state index is 12.2. The fourth-order valence-corrected chi connectivity index (χ4v) is 4.81. The number of amides is 1. The Bertz CT molecular complexity index is 1140. The molecular weight excluding hydrogens is 394 g/mol. The van der Waals surface area contributed by atoms with Crippen LogP contribution in [0.5, 0.6) is 0 Å². The number of nitrogens with zero attached hydrogens (tertiary/aromatic N) is 4. The minimum atomic E-state index is -0.0826. The Morgan fingerprint density at radius 2 is 2.18 bits per heavy atom. The van der Waals surface area contributed by atoms with Crippen molar-refractivity contribution in [3.63, 3.8) is 0 Å². The van der Waals surface area contributed by atoms with Gasteiger partial charge >= 0.3 is 0 Å². The highest BCUT2D eigenvalue weighted by molar-refractivity contribution is 7.99. The predicted octanol–water partition coefficient (Wildman–Crippen LogP) is 4.08. The van der Waals surface area contributed by atoms with Crippen LogP contribution in [0.4, 0.5) is 0 Å². The number of hydrogen-bond acceptors (Lipinski definition) is 7. The Labute approximate surface area is 170 Å². The number of aryl methyl sites for hydroxylation is 2. The molecule has 0 saturated heterocycles. The third kappa shape index (κ3) is 3.40. The Morgan fingerprint density at radius 1 is 1.36 bits per heavy atom. The van der Waals surface area contributed by atoms with Gasteiger partial charge in [0.15, 0.2) is 10.8 Å². The standard InChI is InChI=1S/C19H21N5O2S2/c1-10(2)16-21-18-15(11(3)12(4)28-18)17-22-23-19(24(16)17)27-9-14(25)20-8-13-6-5-7-26-13/h5-7,10H,8-9H2,1-4H3,(H,20,25). The van der Waals surface area contributed by atoms with Crippen molar-refractivity contribution in [3.05, 3.63) is 40.4 Å². The summed E-state index contributed by atoms with van der Waals surface area (Å²) in [6.07, 6.45) is 1.59. The lowest BCUT2D eigenvalue weighted by atomic mass is 10.2. The molecule has 1 N–H and O–H groups in total. The first-order chi connectivity index (χ1) is 13.5. The fourth-order valence-electron chi connectivity index (χ4n) is 3.00. The Kier molecular flexibility index (Phi) is 5.11. The topological polar surface area (TPSA) is 85.3 Å². The van der Waals surface area contributed by atoms with Crippen LogP contribution in [0.1, 0.15) is 41.8 Å². The zero-order valence-corrected chi connectivity index (χ0v) is 17.8. The minimum absolute atomic E-state index is 0.0826. The molecule has 1 amide bonds. The number of furan rings is 1. The monoisotopic (exact) mass is 415 g/mol. The van der Waals surface area contributed by atoms with Gasteiger partial charge in [0.1, 0.15) is 16.4 Å². The molecule has 0 atom stereocenters. The van der Waals surface area contributed by atoms with Crippen LogP contribution in [0.2, 0.25) is 0 Å². The number of carbonyl (C=O) groups excluding carboxylic acids is 1. The van der Waals surface area contributed by atoms with E-state index in [4.69, 9.17) is 9.40 Å². The molecule has 0 fully saturated rings. The summed E-state index contributed by atoms with van der Waals surface area (Å²) in [4.78, 5) is 19.3. The molecule has 4 rings (SSSR count). The van der Waals surface area contributed by atoms with Crippen LogP contribution >= 0.6 is 23.1 Å². The van der Waals surface area contributed by atoms with E-state index >= 15 is 0 Å². The molecule has 4 aromatic rings. The molecule has 0 aliphatic rings. The molecule has 0 radical (unpaired) electrons. The maximum Gasteiger partial charge on any atom is 0.230 e. The Hall–Kier alpha value is -2.39. The van der Waals surface area contributed by atoms with Gasteiger partial charge in [-0.15, -0.1) is 21.5 Å². The van der Waals surface area contributed by atoms with E-state index in [1.165, 1.54) is 22.2 Å². The molecule has 28 heavy (non-hydrogen) atoms. The molecular formula is C19H21N5O2S2. The number of thiophene rings is 1. The average Bonchev–Trinajstić information content (AvgIpc) is 3.38. The lowest BCUT2D eigenvalue weighted by molar-refractivity contribution is -0.118. The molecule has 0 aromatic carbocycles. The van der Waals surface area contributed by atoms with Gasteiger partial charge in [-0.2, -0.15) is 0 Å². The summed E-state index contributed by atoms with van der Waals surface area (Å²) in [7, 11) is 0. The summed E-state index contributed by atoms with van der Waals surface area (Å²) in [5.41, 5.74) is 2.00. The first-order valence-corrected chi connectivity index (χ1v) is 10.8. The summed E-state index contributed by atoms with van der Waals surface area (Å²) in [6, 6.07) is 3.63. The fraction of sp³-hybridized carbons (Fsp3) is 0.368. The highest BCUT2D eigenvalue weighted by Crippen LogP contribution is 2.34. The number of nitrogens with one attached hydrogen (secondary N) is 1. The van der Waals surface area contributed by atoms with Gasteiger partial charge in [-0.05, 0) is 31.5 Å². The minimum Gasteiger partial charge on any atom is -0.467 e. The lowest BCUT2D eigenvalue weighted by Gasteiger charge is -2.10. The van der Waals surface area contributed by atoms with Gasteiger partial charge in [-0.1, -0.05) is 25.6 Å². The van der Waals surface area contributed by atoms with Crippen molar-refractivity contribution >= 4 is 44.9 Å². The number of rotatable bonds is 6. The van der Waals surface area contributed by atoms with E-state index < -0.39 is 0 Å². The van der Waals surface area contributed by atoms with Gasteiger partial charge in [0, 0.05) is 10.8 Å². The number of thioether (sulfide) groups is 1. The summed E-state index contributed by atoms with van der Waals surface area (Å²) >= 11 is 3.05. The SMILES string of the molecule is Cc1sc2nc(C(C)C)n3c(SCC(=O)NCc4ccco4)nnc3c2c1C. The molecule has 4 heterocycles. The molecule has 0 spiro atoms. The van der Waals surface area contributed by atoms with E-state index in [-0.39, 0.29) is 17.6 Å². The number of carbonyl (C=O) groups is 1. The molecule has 0 saturated carbocycles. The van der Waals surface area contributed by atoms with E-state index in [1.54, 1.807) is 23.7 Å². The Balaban J connectivity index is 1.62. The van der Waals surface area contributed by atoms with Crippen molar-refractivity contribution in [2.24, 2.45) is 0 Å². The van der Waals surface area contributed by atoms with Crippen molar-refractivity contribution in [2.45, 2.75) is 45.3 Å². The van der Waals surface area contributed by atoms with Crippen molar-refractivity contribution in [2.75, 3.05) is 5.75 Å². The van der Waals surface area contributed by atoms with Gasteiger partial charge < -0.3 is 9.73 Å². The van der Waals surface area contributed by atoms with Gasteiger partial charge in [0.25, 0.3) is 0 Å². The molecule has 0 bridgehead atoms. The van der Waals surface area contributed by atoms with Gasteiger partial charge in [-0.25, -0.2) is 4.98 Å². The van der Waals surface area contributed by atoms with E-state index in [1.807, 2.05) is 10.5 Å². The molecule has 4 aromatic heterocycles. The summed E-state index contributed by atoms with van der Waals surface area (Å²) in [5, 5.41) is 13.4. The zero-order chi connectivity index (χ0) is 19.8. The lowest BCUT2D eigenvalue weighted by Crippen LogP contribution is -2.24. The van der Waals surface area contributed by atoms with E-state index in [9.17, 15) is 4.79 Å². The zero-order valence-electron chi connectivity index (χ0n) is 16.1. The Morgan fingerprint density at radius 3 is 2.89 bits per heavy atom. The van der Waals surface area contributed by atoms with Crippen molar-refractivity contribution < 1.29 is 9.21 Å². The summed E-state index contributed by atoms with van der Waals surface area (Å²) in [6.45, 7) is 8.77. The van der Waals surface area contributed by atoms with E-state index in [2.05, 4.69) is 43.2 Å². The second kappa shape index (κ2) is 7.56. The van der Waals surface area contributed by atoms with Crippen molar-refractivity contribution in [1.82, 2.24) is 24.9 Å². The highest BCUT2D eigenvalue weighted by Gasteiger charge is 2.21.